The number of Topliss-reactive ketones (excluding diaryl/α,β-unsaturated/α-hetero) is 1. The summed E-state index contributed by atoms with van der Waals surface area (Å²) in [4.78, 5) is 20.5. The van der Waals surface area contributed by atoms with Crippen molar-refractivity contribution in [1.82, 2.24) is 9.97 Å². The molecule has 20 heavy (non-hydrogen) atoms. The van der Waals surface area contributed by atoms with E-state index >= 15 is 0 Å². The summed E-state index contributed by atoms with van der Waals surface area (Å²) >= 11 is 1.38. The number of nitrogens with zero attached hydrogens (tertiary/aromatic N) is 2. The van der Waals surface area contributed by atoms with E-state index < -0.39 is 0 Å². The van der Waals surface area contributed by atoms with Crippen LogP contribution in [0.25, 0.3) is 0 Å². The molecule has 0 atom stereocenters. The van der Waals surface area contributed by atoms with Crippen LogP contribution in [-0.2, 0) is 6.42 Å². The molecule has 0 fully saturated rings. The Bertz CT molecular complexity index is 581. The van der Waals surface area contributed by atoms with Crippen LogP contribution in [0.4, 0.5) is 0 Å². The topological polar surface area (TPSA) is 42.9 Å². The highest BCUT2D eigenvalue weighted by Crippen LogP contribution is 2.15. The number of carbonyl (C=O) groups excluding carboxylic acids is 1. The van der Waals surface area contributed by atoms with E-state index in [-0.39, 0.29) is 5.78 Å². The SMILES string of the molecule is CCCc1ccc(C(=O)CSc2nccc(C)n2)cc1. The van der Waals surface area contributed by atoms with Crippen molar-refractivity contribution < 1.29 is 4.79 Å². The van der Waals surface area contributed by atoms with Gasteiger partial charge < -0.3 is 0 Å². The number of benzene rings is 1. The van der Waals surface area contributed by atoms with Crippen LogP contribution in [-0.4, -0.2) is 21.5 Å². The second-order valence-corrected chi connectivity index (χ2v) is 5.58. The number of hydrogen-bond donors (Lipinski definition) is 0. The predicted octanol–water partition coefficient (Wildman–Crippen LogP) is 3.71. The number of rotatable bonds is 6. The first-order valence-corrected chi connectivity index (χ1v) is 7.72. The predicted molar refractivity (Wildman–Crippen MR) is 82.3 cm³/mol. The number of carbonyl (C=O) groups is 1. The number of ketones is 1. The molecule has 1 heterocycles. The molecule has 0 spiro atoms. The normalized spacial score (nSPS) is 10.5. The molecule has 0 saturated carbocycles. The Morgan fingerprint density at radius 1 is 1.20 bits per heavy atom. The fraction of sp³-hybridized carbons (Fsp3) is 0.312. The van der Waals surface area contributed by atoms with E-state index in [2.05, 4.69) is 16.9 Å². The smallest absolute Gasteiger partial charge is 0.188 e. The summed E-state index contributed by atoms with van der Waals surface area (Å²) in [7, 11) is 0. The van der Waals surface area contributed by atoms with Crippen LogP contribution in [0.3, 0.4) is 0 Å². The Kier molecular flexibility index (Phi) is 5.30. The molecule has 2 rings (SSSR count). The van der Waals surface area contributed by atoms with E-state index in [0.717, 1.165) is 24.1 Å². The Balaban J connectivity index is 1.94. The molecule has 1 aromatic heterocycles. The fourth-order valence-electron chi connectivity index (χ4n) is 1.85. The van der Waals surface area contributed by atoms with Crippen molar-refractivity contribution in [3.05, 3.63) is 53.3 Å². The third kappa shape index (κ3) is 4.17. The van der Waals surface area contributed by atoms with Gasteiger partial charge in [0.1, 0.15) is 0 Å². The highest BCUT2D eigenvalue weighted by Gasteiger charge is 2.08. The zero-order valence-corrected chi connectivity index (χ0v) is 12.6. The van der Waals surface area contributed by atoms with Gasteiger partial charge in [0.15, 0.2) is 10.9 Å². The number of aryl methyl sites for hydroxylation is 2. The van der Waals surface area contributed by atoms with Crippen molar-refractivity contribution in [2.24, 2.45) is 0 Å². The molecular formula is C16H18N2OS. The average molecular weight is 286 g/mol. The van der Waals surface area contributed by atoms with Gasteiger partial charge >= 0.3 is 0 Å². The Labute approximate surface area is 123 Å². The molecule has 1 aromatic carbocycles. The largest absolute Gasteiger partial charge is 0.293 e. The zero-order chi connectivity index (χ0) is 14.4. The van der Waals surface area contributed by atoms with Crippen LogP contribution < -0.4 is 0 Å². The Morgan fingerprint density at radius 3 is 2.60 bits per heavy atom. The lowest BCUT2D eigenvalue weighted by atomic mass is 10.1. The van der Waals surface area contributed by atoms with Crippen LogP contribution in [0.2, 0.25) is 0 Å². The number of aromatic nitrogens is 2. The molecule has 3 nitrogen and oxygen atoms in total. The lowest BCUT2D eigenvalue weighted by Gasteiger charge is -2.03. The van der Waals surface area contributed by atoms with E-state index in [1.807, 2.05) is 37.3 Å². The van der Waals surface area contributed by atoms with E-state index in [4.69, 9.17) is 0 Å². The number of thioether (sulfide) groups is 1. The van der Waals surface area contributed by atoms with Gasteiger partial charge in [0.2, 0.25) is 0 Å². The second kappa shape index (κ2) is 7.20. The minimum Gasteiger partial charge on any atom is -0.293 e. The highest BCUT2D eigenvalue weighted by molar-refractivity contribution is 7.99. The molecule has 0 bridgehead atoms. The minimum absolute atomic E-state index is 0.114. The van der Waals surface area contributed by atoms with E-state index in [1.165, 1.54) is 17.3 Å². The van der Waals surface area contributed by atoms with Gasteiger partial charge in [-0.1, -0.05) is 49.4 Å². The van der Waals surface area contributed by atoms with Crippen molar-refractivity contribution >= 4 is 17.5 Å². The molecule has 0 radical (unpaired) electrons. The van der Waals surface area contributed by atoms with Gasteiger partial charge in [-0.2, -0.15) is 0 Å². The van der Waals surface area contributed by atoms with Gasteiger partial charge in [-0.3, -0.25) is 4.79 Å². The summed E-state index contributed by atoms with van der Waals surface area (Å²) in [5.41, 5.74) is 2.95. The standard InChI is InChI=1S/C16H18N2OS/c1-3-4-13-5-7-14(8-6-13)15(19)11-20-16-17-10-9-12(2)18-16/h5-10H,3-4,11H2,1-2H3. The van der Waals surface area contributed by atoms with E-state index in [0.29, 0.717) is 10.9 Å². The molecule has 104 valence electrons. The summed E-state index contributed by atoms with van der Waals surface area (Å²) < 4.78 is 0. The molecule has 4 heteroatoms. The van der Waals surface area contributed by atoms with Gasteiger partial charge in [0, 0.05) is 17.5 Å². The first-order chi connectivity index (χ1) is 9.69. The van der Waals surface area contributed by atoms with Crippen molar-refractivity contribution in [3.8, 4) is 0 Å². The van der Waals surface area contributed by atoms with Crippen molar-refractivity contribution in [2.45, 2.75) is 31.8 Å². The maximum Gasteiger partial charge on any atom is 0.188 e. The van der Waals surface area contributed by atoms with Crippen LogP contribution in [0.5, 0.6) is 0 Å². The minimum atomic E-state index is 0.114. The van der Waals surface area contributed by atoms with E-state index in [1.54, 1.807) is 6.20 Å². The molecular weight excluding hydrogens is 268 g/mol. The molecule has 0 aliphatic carbocycles. The van der Waals surface area contributed by atoms with Crippen molar-refractivity contribution in [2.75, 3.05) is 5.75 Å². The van der Waals surface area contributed by atoms with Crippen molar-refractivity contribution in [3.63, 3.8) is 0 Å². The van der Waals surface area contributed by atoms with Gasteiger partial charge in [-0.05, 0) is 25.0 Å². The second-order valence-electron chi connectivity index (χ2n) is 4.64. The Morgan fingerprint density at radius 2 is 1.95 bits per heavy atom. The average Bonchev–Trinajstić information content (AvgIpc) is 2.46. The Hall–Kier alpha value is -1.68. The lowest BCUT2D eigenvalue weighted by molar-refractivity contribution is 0.102. The molecule has 0 aliphatic heterocycles. The molecule has 0 unspecified atom stereocenters. The van der Waals surface area contributed by atoms with Crippen LogP contribution >= 0.6 is 11.8 Å². The molecule has 2 aromatic rings. The van der Waals surface area contributed by atoms with Crippen LogP contribution in [0.1, 0.15) is 35.0 Å². The van der Waals surface area contributed by atoms with Crippen LogP contribution in [0.15, 0.2) is 41.7 Å². The van der Waals surface area contributed by atoms with Crippen molar-refractivity contribution in [1.29, 1.82) is 0 Å². The number of hydrogen-bond acceptors (Lipinski definition) is 4. The third-order valence-electron chi connectivity index (χ3n) is 2.92. The van der Waals surface area contributed by atoms with Gasteiger partial charge in [0.25, 0.3) is 0 Å². The highest BCUT2D eigenvalue weighted by atomic mass is 32.2. The summed E-state index contributed by atoms with van der Waals surface area (Å²) in [5, 5.41) is 0.654. The van der Waals surface area contributed by atoms with Crippen LogP contribution in [0, 0.1) is 6.92 Å². The quantitative estimate of drug-likeness (QED) is 0.461. The summed E-state index contributed by atoms with van der Waals surface area (Å²) in [6, 6.07) is 9.73. The third-order valence-corrected chi connectivity index (χ3v) is 3.78. The summed E-state index contributed by atoms with van der Waals surface area (Å²) in [6.45, 7) is 4.07. The molecule has 0 N–H and O–H groups in total. The lowest BCUT2D eigenvalue weighted by Crippen LogP contribution is -2.03. The molecule has 0 amide bonds. The van der Waals surface area contributed by atoms with E-state index in [9.17, 15) is 4.79 Å². The summed E-state index contributed by atoms with van der Waals surface area (Å²) in [6.07, 6.45) is 3.89. The maximum absolute atomic E-state index is 12.1. The fourth-order valence-corrected chi connectivity index (χ4v) is 2.63. The van der Waals surface area contributed by atoms with Gasteiger partial charge in [0.05, 0.1) is 5.75 Å². The molecule has 0 aliphatic rings. The monoisotopic (exact) mass is 286 g/mol. The van der Waals surface area contributed by atoms with Gasteiger partial charge in [-0.25, -0.2) is 9.97 Å². The molecule has 0 saturated heterocycles. The van der Waals surface area contributed by atoms with Gasteiger partial charge in [-0.15, -0.1) is 0 Å². The maximum atomic E-state index is 12.1. The summed E-state index contributed by atoms with van der Waals surface area (Å²) in [5.74, 6) is 0.486. The first kappa shape index (κ1) is 14.7. The first-order valence-electron chi connectivity index (χ1n) is 6.73. The zero-order valence-electron chi connectivity index (χ0n) is 11.8.